The summed E-state index contributed by atoms with van der Waals surface area (Å²) in [5, 5.41) is 12.3. The summed E-state index contributed by atoms with van der Waals surface area (Å²) < 4.78 is 2.32. The average Bonchev–Trinajstić information content (AvgIpc) is 3.06. The lowest BCUT2D eigenvalue weighted by atomic mass is 10.00. The van der Waals surface area contributed by atoms with Crippen molar-refractivity contribution in [3.63, 3.8) is 0 Å². The van der Waals surface area contributed by atoms with E-state index in [0.29, 0.717) is 6.04 Å². The Labute approximate surface area is 109 Å². The van der Waals surface area contributed by atoms with E-state index in [9.17, 15) is 0 Å². The van der Waals surface area contributed by atoms with E-state index in [1.54, 1.807) is 0 Å². The van der Waals surface area contributed by atoms with Crippen molar-refractivity contribution >= 4 is 0 Å². The molecule has 1 aromatic heterocycles. The quantitative estimate of drug-likeness (QED) is 0.889. The fraction of sp³-hybridized carbons (Fsp3) is 0.857. The summed E-state index contributed by atoms with van der Waals surface area (Å²) in [5.41, 5.74) is 0. The Hall–Kier alpha value is -0.900. The van der Waals surface area contributed by atoms with Crippen LogP contribution in [0, 0.1) is 5.92 Å². The van der Waals surface area contributed by atoms with Gasteiger partial charge in [-0.3, -0.25) is 0 Å². The van der Waals surface area contributed by atoms with Crippen LogP contribution in [0.3, 0.4) is 0 Å². The smallest absolute Gasteiger partial charge is 0.147 e. The van der Waals surface area contributed by atoms with Gasteiger partial charge < -0.3 is 9.88 Å². The number of aromatic nitrogens is 3. The van der Waals surface area contributed by atoms with Gasteiger partial charge in [0.1, 0.15) is 11.6 Å². The Morgan fingerprint density at radius 2 is 2.06 bits per heavy atom. The maximum absolute atomic E-state index is 4.35. The van der Waals surface area contributed by atoms with Crippen molar-refractivity contribution in [2.75, 3.05) is 0 Å². The first-order valence-corrected chi connectivity index (χ1v) is 7.49. The summed E-state index contributed by atoms with van der Waals surface area (Å²) in [6, 6.07) is 0.615. The Bertz CT molecular complexity index is 392. The summed E-state index contributed by atoms with van der Waals surface area (Å²) >= 11 is 0. The van der Waals surface area contributed by atoms with Crippen molar-refractivity contribution in [1.29, 1.82) is 0 Å². The second-order valence-electron chi connectivity index (χ2n) is 5.86. The van der Waals surface area contributed by atoms with Crippen LogP contribution in [-0.2, 0) is 19.5 Å². The van der Waals surface area contributed by atoms with Crippen molar-refractivity contribution < 1.29 is 0 Å². The van der Waals surface area contributed by atoms with Crippen molar-refractivity contribution in [3.8, 4) is 0 Å². The molecule has 0 bridgehead atoms. The molecule has 0 saturated heterocycles. The lowest BCUT2D eigenvalue weighted by Gasteiger charge is -2.21. The van der Waals surface area contributed by atoms with Crippen LogP contribution in [0.25, 0.3) is 0 Å². The third-order valence-electron chi connectivity index (χ3n) is 4.63. The summed E-state index contributed by atoms with van der Waals surface area (Å²) in [7, 11) is 0. The third kappa shape index (κ3) is 2.44. The van der Waals surface area contributed by atoms with Gasteiger partial charge in [0.2, 0.25) is 0 Å². The Kier molecular flexibility index (Phi) is 3.64. The zero-order valence-corrected chi connectivity index (χ0v) is 11.4. The number of nitrogens with zero attached hydrogens (tertiary/aromatic N) is 3. The third-order valence-corrected chi connectivity index (χ3v) is 4.63. The average molecular weight is 248 g/mol. The van der Waals surface area contributed by atoms with Gasteiger partial charge in [0, 0.05) is 19.0 Å². The van der Waals surface area contributed by atoms with Gasteiger partial charge in [0.25, 0.3) is 0 Å². The SMILES string of the molecule is C[C@@H](NCc1nnc2n1CCCC2)C1CCCC1. The normalized spacial score (nSPS) is 22.1. The molecule has 0 spiro atoms. The molecule has 1 fully saturated rings. The highest BCUT2D eigenvalue weighted by Gasteiger charge is 2.22. The van der Waals surface area contributed by atoms with E-state index in [-0.39, 0.29) is 0 Å². The molecule has 100 valence electrons. The summed E-state index contributed by atoms with van der Waals surface area (Å²) in [4.78, 5) is 0. The zero-order chi connectivity index (χ0) is 12.4. The molecule has 0 unspecified atom stereocenters. The largest absolute Gasteiger partial charge is 0.314 e. The van der Waals surface area contributed by atoms with E-state index < -0.39 is 0 Å². The van der Waals surface area contributed by atoms with Gasteiger partial charge in [-0.2, -0.15) is 0 Å². The van der Waals surface area contributed by atoms with E-state index in [4.69, 9.17) is 0 Å². The van der Waals surface area contributed by atoms with Crippen LogP contribution in [-0.4, -0.2) is 20.8 Å². The maximum Gasteiger partial charge on any atom is 0.147 e. The van der Waals surface area contributed by atoms with Crippen LogP contribution in [0.5, 0.6) is 0 Å². The minimum Gasteiger partial charge on any atom is -0.314 e. The van der Waals surface area contributed by atoms with Gasteiger partial charge in [-0.1, -0.05) is 12.8 Å². The number of rotatable bonds is 4. The minimum absolute atomic E-state index is 0.615. The number of hydrogen-bond donors (Lipinski definition) is 1. The van der Waals surface area contributed by atoms with Crippen LogP contribution >= 0.6 is 0 Å². The Morgan fingerprint density at radius 3 is 2.89 bits per heavy atom. The molecule has 1 atom stereocenters. The van der Waals surface area contributed by atoms with Crippen LogP contribution in [0.2, 0.25) is 0 Å². The van der Waals surface area contributed by atoms with E-state index in [1.807, 2.05) is 0 Å². The first kappa shape index (κ1) is 12.2. The van der Waals surface area contributed by atoms with Gasteiger partial charge in [-0.05, 0) is 38.5 Å². The predicted octanol–water partition coefficient (Wildman–Crippen LogP) is 2.28. The molecule has 1 aromatic rings. The van der Waals surface area contributed by atoms with Gasteiger partial charge >= 0.3 is 0 Å². The number of nitrogens with one attached hydrogen (secondary N) is 1. The monoisotopic (exact) mass is 248 g/mol. The number of fused-ring (bicyclic) bond motifs is 1. The fourth-order valence-electron chi connectivity index (χ4n) is 3.38. The van der Waals surface area contributed by atoms with Crippen molar-refractivity contribution in [2.45, 2.75) is 71.0 Å². The molecule has 4 heteroatoms. The molecule has 18 heavy (non-hydrogen) atoms. The van der Waals surface area contributed by atoms with Gasteiger partial charge in [-0.15, -0.1) is 10.2 Å². The molecule has 2 heterocycles. The second kappa shape index (κ2) is 5.39. The summed E-state index contributed by atoms with van der Waals surface area (Å²) in [6.07, 6.45) is 9.26. The van der Waals surface area contributed by atoms with Crippen LogP contribution in [0.15, 0.2) is 0 Å². The van der Waals surface area contributed by atoms with Crippen LogP contribution in [0.4, 0.5) is 0 Å². The molecule has 0 amide bonds. The minimum atomic E-state index is 0.615. The van der Waals surface area contributed by atoms with E-state index in [1.165, 1.54) is 44.3 Å². The summed E-state index contributed by atoms with van der Waals surface area (Å²) in [5.74, 6) is 3.19. The maximum atomic E-state index is 4.35. The first-order chi connectivity index (χ1) is 8.84. The van der Waals surface area contributed by atoms with E-state index >= 15 is 0 Å². The highest BCUT2D eigenvalue weighted by molar-refractivity contribution is 4.99. The molecule has 2 aliphatic rings. The molecule has 3 rings (SSSR count). The summed E-state index contributed by atoms with van der Waals surface area (Å²) in [6.45, 7) is 4.31. The molecule has 0 aromatic carbocycles. The topological polar surface area (TPSA) is 42.7 Å². The van der Waals surface area contributed by atoms with Gasteiger partial charge in [0.05, 0.1) is 6.54 Å². The van der Waals surface area contributed by atoms with Crippen molar-refractivity contribution in [3.05, 3.63) is 11.6 Å². The lowest BCUT2D eigenvalue weighted by molar-refractivity contribution is 0.372. The van der Waals surface area contributed by atoms with Crippen LogP contribution < -0.4 is 5.32 Å². The zero-order valence-electron chi connectivity index (χ0n) is 11.4. The number of hydrogen-bond acceptors (Lipinski definition) is 3. The molecule has 1 aliphatic heterocycles. The fourth-order valence-corrected chi connectivity index (χ4v) is 3.38. The van der Waals surface area contributed by atoms with Crippen molar-refractivity contribution in [1.82, 2.24) is 20.1 Å². The molecule has 1 saturated carbocycles. The standard InChI is InChI=1S/C14H24N4/c1-11(12-6-2-3-7-12)15-10-14-17-16-13-8-4-5-9-18(13)14/h11-12,15H,2-10H2,1H3/t11-/m1/s1. The Balaban J connectivity index is 1.57. The van der Waals surface area contributed by atoms with E-state index in [0.717, 1.165) is 31.3 Å². The molecular formula is C14H24N4. The lowest BCUT2D eigenvalue weighted by Crippen LogP contribution is -2.33. The molecular weight excluding hydrogens is 224 g/mol. The molecule has 0 radical (unpaired) electrons. The van der Waals surface area contributed by atoms with E-state index in [2.05, 4.69) is 27.0 Å². The highest BCUT2D eigenvalue weighted by Crippen LogP contribution is 2.27. The van der Waals surface area contributed by atoms with Crippen LogP contribution in [0.1, 0.15) is 57.1 Å². The first-order valence-electron chi connectivity index (χ1n) is 7.49. The highest BCUT2D eigenvalue weighted by atomic mass is 15.3. The predicted molar refractivity (Wildman–Crippen MR) is 71.2 cm³/mol. The number of aryl methyl sites for hydroxylation is 1. The van der Waals surface area contributed by atoms with Gasteiger partial charge in [0.15, 0.2) is 0 Å². The van der Waals surface area contributed by atoms with Crippen molar-refractivity contribution in [2.24, 2.45) is 5.92 Å². The molecule has 1 aliphatic carbocycles. The van der Waals surface area contributed by atoms with Gasteiger partial charge in [-0.25, -0.2) is 0 Å². The Morgan fingerprint density at radius 1 is 1.22 bits per heavy atom. The molecule has 4 nitrogen and oxygen atoms in total. The molecule has 1 N–H and O–H groups in total. The second-order valence-corrected chi connectivity index (χ2v) is 5.86.